The molecule has 3 rings (SSSR count). The topological polar surface area (TPSA) is 80.0 Å². The van der Waals surface area contributed by atoms with Gasteiger partial charge in [0.1, 0.15) is 12.1 Å². The third kappa shape index (κ3) is 6.64. The Morgan fingerprint density at radius 2 is 2.10 bits per heavy atom. The molecule has 6 heteroatoms. The fraction of sp³-hybridized carbons (Fsp3) is 0.292. The highest BCUT2D eigenvalue weighted by Crippen LogP contribution is 2.30. The van der Waals surface area contributed by atoms with E-state index < -0.39 is 0 Å². The second-order valence-corrected chi connectivity index (χ2v) is 7.20. The molecule has 0 saturated carbocycles. The highest BCUT2D eigenvalue weighted by atomic mass is 19.1. The molecule has 0 aliphatic carbocycles. The van der Waals surface area contributed by atoms with E-state index in [1.54, 1.807) is 18.2 Å². The molecule has 2 aromatic carbocycles. The maximum Gasteiger partial charge on any atom is 0.145 e. The number of aldehydes is 1. The summed E-state index contributed by atoms with van der Waals surface area (Å²) in [5.74, 6) is -0.152. The SMILES string of the molecule is C=C(C=O)CCCNc1ccc(C#N)cc1C=N.CN1CCC1c1ccc(F)cc1. The van der Waals surface area contributed by atoms with E-state index in [4.69, 9.17) is 10.7 Å². The summed E-state index contributed by atoms with van der Waals surface area (Å²) in [5, 5.41) is 19.2. The summed E-state index contributed by atoms with van der Waals surface area (Å²) < 4.78 is 12.6. The molecule has 0 aromatic heterocycles. The number of likely N-dealkylation sites (tertiary alicyclic amines) is 1. The van der Waals surface area contributed by atoms with E-state index in [1.165, 1.54) is 30.3 Å². The molecule has 0 radical (unpaired) electrons. The molecule has 2 N–H and O–H groups in total. The predicted octanol–water partition coefficient (Wildman–Crippen LogP) is 4.71. The van der Waals surface area contributed by atoms with Gasteiger partial charge in [0.05, 0.1) is 11.6 Å². The number of hydrogen-bond donors (Lipinski definition) is 2. The van der Waals surface area contributed by atoms with Gasteiger partial charge in [-0.05, 0) is 67.8 Å². The number of anilines is 1. The number of allylic oxidation sites excluding steroid dienone is 1. The number of benzene rings is 2. The van der Waals surface area contributed by atoms with Gasteiger partial charge in [-0.25, -0.2) is 4.39 Å². The molecular weight excluding hydrogens is 379 g/mol. The van der Waals surface area contributed by atoms with Crippen LogP contribution in [-0.2, 0) is 4.79 Å². The molecule has 1 atom stereocenters. The number of nitrogens with one attached hydrogen (secondary N) is 2. The van der Waals surface area contributed by atoms with Crippen molar-refractivity contribution in [1.29, 1.82) is 10.7 Å². The summed E-state index contributed by atoms with van der Waals surface area (Å²) in [4.78, 5) is 12.6. The molecule has 0 spiro atoms. The average Bonchev–Trinajstić information content (AvgIpc) is 2.77. The maximum absolute atomic E-state index is 12.6. The van der Waals surface area contributed by atoms with Crippen LogP contribution in [-0.4, -0.2) is 37.5 Å². The lowest BCUT2D eigenvalue weighted by Gasteiger charge is -2.38. The van der Waals surface area contributed by atoms with Crippen molar-refractivity contribution in [3.63, 3.8) is 0 Å². The Balaban J connectivity index is 0.000000230. The molecular formula is C24H27FN4O. The van der Waals surface area contributed by atoms with Crippen LogP contribution in [0.3, 0.4) is 0 Å². The number of carbonyl (C=O) groups is 1. The van der Waals surface area contributed by atoms with Gasteiger partial charge in [0, 0.05) is 36.6 Å². The standard InChI is InChI=1S/C14H15N3O.C10H12FN/c1-11(10-18)3-2-6-17-14-5-4-12(8-15)7-13(14)9-16;1-12-7-6-10(12)8-2-4-9(11)5-3-8/h4-5,7,9-10,16-17H,1-3,6H2;2-5,10H,6-7H2,1H3. The molecule has 1 saturated heterocycles. The highest BCUT2D eigenvalue weighted by Gasteiger charge is 2.25. The van der Waals surface area contributed by atoms with Crippen LogP contribution in [0.4, 0.5) is 10.1 Å². The van der Waals surface area contributed by atoms with E-state index in [0.29, 0.717) is 35.7 Å². The minimum atomic E-state index is -0.152. The zero-order chi connectivity index (χ0) is 21.9. The van der Waals surface area contributed by atoms with Crippen LogP contribution in [0.2, 0.25) is 0 Å². The van der Waals surface area contributed by atoms with Crippen molar-refractivity contribution in [1.82, 2.24) is 4.90 Å². The van der Waals surface area contributed by atoms with E-state index in [0.717, 1.165) is 24.9 Å². The molecule has 1 fully saturated rings. The van der Waals surface area contributed by atoms with E-state index in [2.05, 4.69) is 23.8 Å². The first-order chi connectivity index (χ1) is 14.5. The molecule has 0 amide bonds. The van der Waals surface area contributed by atoms with E-state index in [1.807, 2.05) is 18.2 Å². The first-order valence-electron chi connectivity index (χ1n) is 9.85. The normalized spacial score (nSPS) is 15.0. The fourth-order valence-electron chi connectivity index (χ4n) is 3.13. The number of halogens is 1. The Labute approximate surface area is 177 Å². The third-order valence-corrected chi connectivity index (χ3v) is 5.04. The highest BCUT2D eigenvalue weighted by molar-refractivity contribution is 5.86. The summed E-state index contributed by atoms with van der Waals surface area (Å²) in [6.07, 6.45) is 4.64. The van der Waals surface area contributed by atoms with Crippen LogP contribution in [0.15, 0.2) is 54.6 Å². The van der Waals surface area contributed by atoms with Crippen molar-refractivity contribution < 1.29 is 9.18 Å². The number of rotatable bonds is 8. The first kappa shape index (κ1) is 23.0. The molecule has 156 valence electrons. The van der Waals surface area contributed by atoms with Gasteiger partial charge in [0.25, 0.3) is 0 Å². The Morgan fingerprint density at radius 1 is 1.37 bits per heavy atom. The van der Waals surface area contributed by atoms with Crippen LogP contribution in [0.1, 0.15) is 42.0 Å². The van der Waals surface area contributed by atoms with Crippen molar-refractivity contribution in [3.8, 4) is 6.07 Å². The van der Waals surface area contributed by atoms with Gasteiger partial charge < -0.3 is 10.7 Å². The summed E-state index contributed by atoms with van der Waals surface area (Å²) >= 11 is 0. The number of carbonyl (C=O) groups excluding carboxylic acids is 1. The number of nitrogens with zero attached hydrogens (tertiary/aromatic N) is 2. The van der Waals surface area contributed by atoms with Crippen LogP contribution < -0.4 is 5.32 Å². The smallest absolute Gasteiger partial charge is 0.145 e. The minimum absolute atomic E-state index is 0.152. The molecule has 30 heavy (non-hydrogen) atoms. The summed E-state index contributed by atoms with van der Waals surface area (Å²) in [7, 11) is 2.09. The maximum atomic E-state index is 12.6. The summed E-state index contributed by atoms with van der Waals surface area (Å²) in [6, 6.07) is 14.5. The van der Waals surface area contributed by atoms with Gasteiger partial charge in [0.2, 0.25) is 0 Å². The van der Waals surface area contributed by atoms with Crippen LogP contribution in [0, 0.1) is 22.6 Å². The van der Waals surface area contributed by atoms with Crippen LogP contribution in [0.5, 0.6) is 0 Å². The van der Waals surface area contributed by atoms with Gasteiger partial charge >= 0.3 is 0 Å². The molecule has 1 unspecified atom stereocenters. The lowest BCUT2D eigenvalue weighted by Crippen LogP contribution is -2.37. The summed E-state index contributed by atoms with van der Waals surface area (Å²) in [5.41, 5.74) is 3.85. The van der Waals surface area contributed by atoms with Crippen molar-refractivity contribution in [2.24, 2.45) is 0 Å². The first-order valence-corrected chi connectivity index (χ1v) is 9.85. The van der Waals surface area contributed by atoms with Gasteiger partial charge in [-0.3, -0.25) is 9.69 Å². The molecule has 1 aliphatic rings. The van der Waals surface area contributed by atoms with Crippen molar-refractivity contribution in [3.05, 3.63) is 77.1 Å². The largest absolute Gasteiger partial charge is 0.385 e. The molecule has 1 aliphatic heterocycles. The van der Waals surface area contributed by atoms with E-state index in [9.17, 15) is 9.18 Å². The molecule has 1 heterocycles. The second-order valence-electron chi connectivity index (χ2n) is 7.20. The molecule has 5 nitrogen and oxygen atoms in total. The minimum Gasteiger partial charge on any atom is -0.385 e. The summed E-state index contributed by atoms with van der Waals surface area (Å²) in [6.45, 7) is 5.45. The lowest BCUT2D eigenvalue weighted by molar-refractivity contribution is -0.105. The molecule has 0 bridgehead atoms. The second kappa shape index (κ2) is 11.6. The van der Waals surface area contributed by atoms with Crippen molar-refractivity contribution in [2.45, 2.75) is 25.3 Å². The van der Waals surface area contributed by atoms with Gasteiger partial charge in [-0.15, -0.1) is 0 Å². The Morgan fingerprint density at radius 3 is 2.63 bits per heavy atom. The lowest BCUT2D eigenvalue weighted by atomic mass is 9.96. The van der Waals surface area contributed by atoms with Crippen LogP contribution in [0.25, 0.3) is 0 Å². The quantitative estimate of drug-likeness (QED) is 0.288. The average molecular weight is 407 g/mol. The van der Waals surface area contributed by atoms with E-state index >= 15 is 0 Å². The predicted molar refractivity (Wildman–Crippen MR) is 118 cm³/mol. The van der Waals surface area contributed by atoms with Crippen molar-refractivity contribution >= 4 is 18.2 Å². The van der Waals surface area contributed by atoms with Crippen LogP contribution >= 0.6 is 0 Å². The number of hydrogen-bond acceptors (Lipinski definition) is 5. The van der Waals surface area contributed by atoms with Gasteiger partial charge in [-0.1, -0.05) is 18.7 Å². The Hall–Kier alpha value is -3.30. The number of nitriles is 1. The van der Waals surface area contributed by atoms with Crippen molar-refractivity contribution in [2.75, 3.05) is 25.5 Å². The molecule has 2 aromatic rings. The zero-order valence-electron chi connectivity index (χ0n) is 17.2. The van der Waals surface area contributed by atoms with E-state index in [-0.39, 0.29) is 5.82 Å². The van der Waals surface area contributed by atoms with Gasteiger partial charge in [0.15, 0.2) is 0 Å². The Kier molecular flexibility index (Phi) is 8.92. The monoisotopic (exact) mass is 406 g/mol. The fourth-order valence-corrected chi connectivity index (χ4v) is 3.13. The third-order valence-electron chi connectivity index (χ3n) is 5.04. The van der Waals surface area contributed by atoms with Gasteiger partial charge in [-0.2, -0.15) is 5.26 Å². The zero-order valence-corrected chi connectivity index (χ0v) is 17.2. The Bertz CT molecular complexity index is 918.